The molecule has 0 N–H and O–H groups in total. The quantitative estimate of drug-likeness (QED) is 0.594. The molecule has 0 bridgehead atoms. The maximum atomic E-state index is 14.1. The zero-order valence-electron chi connectivity index (χ0n) is 14.1. The lowest BCUT2D eigenvalue weighted by Gasteiger charge is -2.38. The van der Waals surface area contributed by atoms with Gasteiger partial charge in [-0.05, 0) is 38.0 Å². The minimum absolute atomic E-state index is 0.0683. The van der Waals surface area contributed by atoms with E-state index >= 15 is 0 Å². The van der Waals surface area contributed by atoms with Crippen LogP contribution in [0.25, 0.3) is 10.9 Å². The Morgan fingerprint density at radius 1 is 1.16 bits per heavy atom. The number of ether oxygens (including phenoxy) is 2. The van der Waals surface area contributed by atoms with E-state index in [-0.39, 0.29) is 26.1 Å². The molecule has 1 unspecified atom stereocenters. The summed E-state index contributed by atoms with van der Waals surface area (Å²) in [6, 6.07) is 9.23. The minimum Gasteiger partial charge on any atom is -0.489 e. The third kappa shape index (κ3) is 3.43. The Hall–Kier alpha value is -2.24. The van der Waals surface area contributed by atoms with E-state index in [2.05, 4.69) is 4.98 Å². The lowest BCUT2D eigenvalue weighted by molar-refractivity contribution is -0.192. The van der Waals surface area contributed by atoms with Crippen molar-refractivity contribution in [1.29, 1.82) is 0 Å². The lowest BCUT2D eigenvalue weighted by atomic mass is 9.72. The molecule has 0 radical (unpaired) electrons. The van der Waals surface area contributed by atoms with E-state index in [1.807, 2.05) is 24.3 Å². The fourth-order valence-electron chi connectivity index (χ4n) is 3.18. The second-order valence-electron chi connectivity index (χ2n) is 6.55. The molecule has 0 saturated heterocycles. The van der Waals surface area contributed by atoms with E-state index in [1.54, 1.807) is 12.3 Å². The van der Waals surface area contributed by atoms with Crippen molar-refractivity contribution in [3.63, 3.8) is 0 Å². The summed E-state index contributed by atoms with van der Waals surface area (Å²) in [5.41, 5.74) is -0.944. The van der Waals surface area contributed by atoms with Gasteiger partial charge in [-0.1, -0.05) is 18.6 Å². The number of esters is 1. The normalized spacial score (nSPS) is 22.5. The first-order chi connectivity index (χ1) is 11.9. The molecule has 1 saturated carbocycles. The van der Waals surface area contributed by atoms with Gasteiger partial charge in [0.2, 0.25) is 0 Å². The molecule has 1 aromatic carbocycles. The number of hydrogen-bond acceptors (Lipinski definition) is 4. The number of benzene rings is 1. The molecule has 0 aliphatic heterocycles. The molecule has 1 aliphatic rings. The molecule has 1 aromatic heterocycles. The highest BCUT2D eigenvalue weighted by Crippen LogP contribution is 2.48. The number of nitrogens with zero attached hydrogens (tertiary/aromatic N) is 1. The first-order valence-corrected chi connectivity index (χ1v) is 8.46. The number of fused-ring (bicyclic) bond motifs is 1. The van der Waals surface area contributed by atoms with E-state index in [4.69, 9.17) is 9.47 Å². The van der Waals surface area contributed by atoms with Crippen LogP contribution in [-0.4, -0.2) is 30.1 Å². The molecular weight excluding hydrogens is 328 g/mol. The van der Waals surface area contributed by atoms with E-state index in [0.717, 1.165) is 10.9 Å². The van der Waals surface area contributed by atoms with Crippen LogP contribution in [0.15, 0.2) is 36.5 Å². The number of halogens is 2. The smallest absolute Gasteiger partial charge is 0.318 e. The molecular formula is C19H21F2NO3. The van der Waals surface area contributed by atoms with Crippen molar-refractivity contribution in [2.75, 3.05) is 13.2 Å². The highest BCUT2D eigenvalue weighted by atomic mass is 19.3. The van der Waals surface area contributed by atoms with Crippen LogP contribution in [-0.2, 0) is 9.53 Å². The predicted octanol–water partition coefficient (Wildman–Crippen LogP) is 4.37. The Balaban J connectivity index is 1.57. The Labute approximate surface area is 145 Å². The molecule has 1 aliphatic carbocycles. The van der Waals surface area contributed by atoms with Crippen molar-refractivity contribution >= 4 is 16.9 Å². The number of hydrogen-bond donors (Lipinski definition) is 0. The summed E-state index contributed by atoms with van der Waals surface area (Å²) < 4.78 is 39.0. The highest BCUT2D eigenvalue weighted by molar-refractivity contribution is 5.84. The Morgan fingerprint density at radius 2 is 1.92 bits per heavy atom. The summed E-state index contributed by atoms with van der Waals surface area (Å²) >= 11 is 0. The maximum absolute atomic E-state index is 14.1. The molecule has 6 heteroatoms. The van der Waals surface area contributed by atoms with E-state index in [9.17, 15) is 13.6 Å². The third-order valence-corrected chi connectivity index (χ3v) is 4.86. The topological polar surface area (TPSA) is 48.4 Å². The largest absolute Gasteiger partial charge is 0.489 e. The van der Waals surface area contributed by atoms with E-state index in [1.165, 1.54) is 6.92 Å². The standard InChI is InChI=1S/C19H21F2NO3/c1-18(9-4-5-10-19(18,20)21)17(23)25-13-12-24-16-8-11-22-15-7-3-2-6-14(15)16/h2-3,6-8,11H,4-5,9-10,12-13H2,1H3. The average molecular weight is 349 g/mol. The fourth-order valence-corrected chi connectivity index (χ4v) is 3.18. The summed E-state index contributed by atoms with van der Waals surface area (Å²) in [5.74, 6) is -3.25. The zero-order chi connectivity index (χ0) is 17.9. The second-order valence-corrected chi connectivity index (χ2v) is 6.55. The third-order valence-electron chi connectivity index (χ3n) is 4.86. The second kappa shape index (κ2) is 6.94. The molecule has 1 heterocycles. The number of carbonyl (C=O) groups is 1. The molecule has 3 rings (SSSR count). The van der Waals surface area contributed by atoms with Crippen LogP contribution >= 0.6 is 0 Å². The summed E-state index contributed by atoms with van der Waals surface area (Å²) in [7, 11) is 0. The zero-order valence-corrected chi connectivity index (χ0v) is 14.1. The predicted molar refractivity (Wildman–Crippen MR) is 89.7 cm³/mol. The van der Waals surface area contributed by atoms with Crippen LogP contribution in [0.1, 0.15) is 32.6 Å². The number of pyridine rings is 1. The van der Waals surface area contributed by atoms with Crippen molar-refractivity contribution in [3.05, 3.63) is 36.5 Å². The van der Waals surface area contributed by atoms with Crippen LogP contribution in [0.3, 0.4) is 0 Å². The molecule has 2 aromatic rings. The van der Waals surface area contributed by atoms with Crippen LogP contribution in [0.4, 0.5) is 8.78 Å². The number of rotatable bonds is 5. The fraction of sp³-hybridized carbons (Fsp3) is 0.474. The van der Waals surface area contributed by atoms with Crippen LogP contribution in [0.2, 0.25) is 0 Å². The van der Waals surface area contributed by atoms with Gasteiger partial charge in [-0.2, -0.15) is 0 Å². The van der Waals surface area contributed by atoms with Gasteiger partial charge in [-0.3, -0.25) is 9.78 Å². The van der Waals surface area contributed by atoms with Gasteiger partial charge in [0.25, 0.3) is 5.92 Å². The Kier molecular flexibility index (Phi) is 4.88. The van der Waals surface area contributed by atoms with Gasteiger partial charge in [0.1, 0.15) is 24.4 Å². The van der Waals surface area contributed by atoms with Crippen molar-refractivity contribution in [3.8, 4) is 5.75 Å². The maximum Gasteiger partial charge on any atom is 0.318 e. The summed E-state index contributed by atoms with van der Waals surface area (Å²) in [4.78, 5) is 16.4. The van der Waals surface area contributed by atoms with Crippen LogP contribution < -0.4 is 4.74 Å². The number of aromatic nitrogens is 1. The van der Waals surface area contributed by atoms with Crippen molar-refractivity contribution in [1.82, 2.24) is 4.98 Å². The van der Waals surface area contributed by atoms with Gasteiger partial charge in [0.15, 0.2) is 0 Å². The first kappa shape index (κ1) is 17.6. The van der Waals surface area contributed by atoms with E-state index < -0.39 is 17.3 Å². The SMILES string of the molecule is CC1(C(=O)OCCOc2ccnc3ccccc23)CCCCC1(F)F. The van der Waals surface area contributed by atoms with Gasteiger partial charge in [-0.25, -0.2) is 8.78 Å². The number of carbonyl (C=O) groups excluding carboxylic acids is 1. The average Bonchev–Trinajstić information content (AvgIpc) is 2.61. The summed E-state index contributed by atoms with van der Waals surface area (Å²) in [6.45, 7) is 1.33. The van der Waals surface area contributed by atoms with Crippen LogP contribution in [0, 0.1) is 5.41 Å². The van der Waals surface area contributed by atoms with Gasteiger partial charge in [0, 0.05) is 18.0 Å². The van der Waals surface area contributed by atoms with Gasteiger partial charge >= 0.3 is 5.97 Å². The van der Waals surface area contributed by atoms with E-state index in [0.29, 0.717) is 18.6 Å². The molecule has 1 atom stereocenters. The molecule has 4 nitrogen and oxygen atoms in total. The monoisotopic (exact) mass is 349 g/mol. The van der Waals surface area contributed by atoms with Crippen molar-refractivity contribution < 1.29 is 23.0 Å². The van der Waals surface area contributed by atoms with Gasteiger partial charge in [-0.15, -0.1) is 0 Å². The molecule has 0 amide bonds. The highest BCUT2D eigenvalue weighted by Gasteiger charge is 2.57. The van der Waals surface area contributed by atoms with Gasteiger partial charge in [0.05, 0.1) is 5.52 Å². The lowest BCUT2D eigenvalue weighted by Crippen LogP contribution is -2.48. The minimum atomic E-state index is -3.02. The number of alkyl halides is 2. The number of para-hydroxylation sites is 1. The Morgan fingerprint density at radius 3 is 2.72 bits per heavy atom. The first-order valence-electron chi connectivity index (χ1n) is 8.46. The molecule has 25 heavy (non-hydrogen) atoms. The Bertz CT molecular complexity index is 760. The molecule has 1 fully saturated rings. The summed E-state index contributed by atoms with van der Waals surface area (Å²) in [5, 5.41) is 0.849. The van der Waals surface area contributed by atoms with Crippen molar-refractivity contribution in [2.24, 2.45) is 5.41 Å². The van der Waals surface area contributed by atoms with Crippen molar-refractivity contribution in [2.45, 2.75) is 38.5 Å². The van der Waals surface area contributed by atoms with Gasteiger partial charge < -0.3 is 9.47 Å². The molecule has 0 spiro atoms. The summed E-state index contributed by atoms with van der Waals surface area (Å²) in [6.07, 6.45) is 2.56. The van der Waals surface area contributed by atoms with Crippen LogP contribution in [0.5, 0.6) is 5.75 Å². The molecule has 134 valence electrons.